The number of methoxy groups -OCH3 is 1. The third-order valence-corrected chi connectivity index (χ3v) is 4.95. The molecule has 98 valence electrons. The number of hydrogen-bond donors (Lipinski definition) is 0. The summed E-state index contributed by atoms with van der Waals surface area (Å²) in [6.45, 7) is 0. The van der Waals surface area contributed by atoms with E-state index in [0.29, 0.717) is 6.42 Å². The highest BCUT2D eigenvalue weighted by molar-refractivity contribution is 9.09. The number of rotatable bonds is 4. The van der Waals surface area contributed by atoms with Gasteiger partial charge >= 0.3 is 0 Å². The summed E-state index contributed by atoms with van der Waals surface area (Å²) < 4.78 is 11.1. The molecule has 1 atom stereocenters. The maximum atomic E-state index is 5.73. The fourth-order valence-electron chi connectivity index (χ4n) is 1.96. The van der Waals surface area contributed by atoms with Crippen LogP contribution >= 0.6 is 27.3 Å². The van der Waals surface area contributed by atoms with Gasteiger partial charge in [-0.3, -0.25) is 0 Å². The molecule has 1 unspecified atom stereocenters. The maximum absolute atomic E-state index is 5.73. The number of oxazole rings is 1. The maximum Gasteiger partial charge on any atom is 0.196 e. The standard InChI is InChI=1S/C14H12BrNO2S/c1-17-12-6-7-19-14(12)9(15)8-13-16-10-4-2-3-5-11(10)18-13/h2-7,9H,8H2,1H3. The third-order valence-electron chi connectivity index (χ3n) is 2.85. The van der Waals surface area contributed by atoms with Gasteiger partial charge in [0.1, 0.15) is 11.3 Å². The summed E-state index contributed by atoms with van der Waals surface area (Å²) in [5, 5.41) is 2.02. The normalized spacial score (nSPS) is 12.7. The number of para-hydroxylation sites is 2. The molecule has 0 saturated carbocycles. The number of ether oxygens (including phenoxy) is 1. The number of aromatic nitrogens is 1. The van der Waals surface area contributed by atoms with Gasteiger partial charge in [0, 0.05) is 6.42 Å². The van der Waals surface area contributed by atoms with E-state index in [0.717, 1.165) is 27.6 Å². The summed E-state index contributed by atoms with van der Waals surface area (Å²) >= 11 is 5.35. The van der Waals surface area contributed by atoms with E-state index in [4.69, 9.17) is 9.15 Å². The van der Waals surface area contributed by atoms with Gasteiger partial charge in [-0.15, -0.1) is 11.3 Å². The van der Waals surface area contributed by atoms with Crippen LogP contribution in [-0.2, 0) is 6.42 Å². The van der Waals surface area contributed by atoms with Gasteiger partial charge in [-0.25, -0.2) is 4.98 Å². The first-order chi connectivity index (χ1) is 9.28. The molecule has 0 aliphatic rings. The highest BCUT2D eigenvalue weighted by atomic mass is 79.9. The summed E-state index contributed by atoms with van der Waals surface area (Å²) in [4.78, 5) is 5.79. The van der Waals surface area contributed by atoms with Gasteiger partial charge in [0.2, 0.25) is 0 Å². The Hall–Kier alpha value is -1.33. The molecule has 0 N–H and O–H groups in total. The molecule has 0 radical (unpaired) electrons. The van der Waals surface area contributed by atoms with Crippen molar-refractivity contribution in [3.8, 4) is 5.75 Å². The zero-order valence-corrected chi connectivity index (χ0v) is 12.7. The summed E-state index contributed by atoms with van der Waals surface area (Å²) in [5.41, 5.74) is 1.73. The van der Waals surface area contributed by atoms with Crippen molar-refractivity contribution in [3.63, 3.8) is 0 Å². The monoisotopic (exact) mass is 337 g/mol. The second-order valence-electron chi connectivity index (χ2n) is 4.10. The lowest BCUT2D eigenvalue weighted by Crippen LogP contribution is -1.95. The fraction of sp³-hybridized carbons (Fsp3) is 0.214. The van der Waals surface area contributed by atoms with Crippen LogP contribution in [0.25, 0.3) is 11.1 Å². The van der Waals surface area contributed by atoms with Crippen LogP contribution in [0, 0.1) is 0 Å². The summed E-state index contributed by atoms with van der Waals surface area (Å²) in [6, 6.07) is 9.77. The smallest absolute Gasteiger partial charge is 0.196 e. The average molecular weight is 338 g/mol. The van der Waals surface area contributed by atoms with Gasteiger partial charge in [-0.05, 0) is 23.6 Å². The van der Waals surface area contributed by atoms with E-state index in [2.05, 4.69) is 20.9 Å². The van der Waals surface area contributed by atoms with Crippen molar-refractivity contribution in [2.75, 3.05) is 7.11 Å². The van der Waals surface area contributed by atoms with Gasteiger partial charge in [0.05, 0.1) is 16.8 Å². The highest BCUT2D eigenvalue weighted by Crippen LogP contribution is 2.38. The number of alkyl halides is 1. The molecule has 0 saturated heterocycles. The van der Waals surface area contributed by atoms with Crippen LogP contribution in [0.1, 0.15) is 15.6 Å². The van der Waals surface area contributed by atoms with Crippen molar-refractivity contribution in [2.24, 2.45) is 0 Å². The molecule has 0 spiro atoms. The molecule has 3 aromatic rings. The topological polar surface area (TPSA) is 35.3 Å². The molecule has 0 bridgehead atoms. The fourth-order valence-corrected chi connectivity index (χ4v) is 3.62. The summed E-state index contributed by atoms with van der Waals surface area (Å²) in [5.74, 6) is 1.64. The minimum Gasteiger partial charge on any atom is -0.496 e. The van der Waals surface area contributed by atoms with E-state index >= 15 is 0 Å². The molecule has 3 nitrogen and oxygen atoms in total. The molecule has 3 rings (SSSR count). The molecule has 2 aromatic heterocycles. The van der Waals surface area contributed by atoms with Gasteiger partial charge in [-0.2, -0.15) is 0 Å². The van der Waals surface area contributed by atoms with Gasteiger partial charge in [0.25, 0.3) is 0 Å². The van der Waals surface area contributed by atoms with Crippen molar-refractivity contribution in [2.45, 2.75) is 11.2 Å². The Bertz CT molecular complexity index is 658. The number of fused-ring (bicyclic) bond motifs is 1. The Morgan fingerprint density at radius 1 is 1.37 bits per heavy atom. The average Bonchev–Trinajstić information content (AvgIpc) is 3.03. The van der Waals surface area contributed by atoms with Crippen LogP contribution in [0.2, 0.25) is 0 Å². The highest BCUT2D eigenvalue weighted by Gasteiger charge is 2.18. The first-order valence-electron chi connectivity index (χ1n) is 5.88. The van der Waals surface area contributed by atoms with Crippen molar-refractivity contribution in [1.82, 2.24) is 4.98 Å². The van der Waals surface area contributed by atoms with Crippen LogP contribution in [0.3, 0.4) is 0 Å². The molecule has 0 aliphatic heterocycles. The number of benzene rings is 1. The summed E-state index contributed by atoms with van der Waals surface area (Å²) in [7, 11) is 1.69. The third kappa shape index (κ3) is 2.53. The van der Waals surface area contributed by atoms with Crippen molar-refractivity contribution >= 4 is 38.4 Å². The van der Waals surface area contributed by atoms with Gasteiger partial charge in [0.15, 0.2) is 11.5 Å². The Kier molecular flexibility index (Phi) is 3.57. The van der Waals surface area contributed by atoms with Crippen molar-refractivity contribution in [3.05, 3.63) is 46.5 Å². The van der Waals surface area contributed by atoms with Crippen LogP contribution in [0.5, 0.6) is 5.75 Å². The minimum absolute atomic E-state index is 0.149. The van der Waals surface area contributed by atoms with Gasteiger partial charge in [-0.1, -0.05) is 28.1 Å². The molecule has 2 heterocycles. The predicted molar refractivity (Wildman–Crippen MR) is 80.3 cm³/mol. The van der Waals surface area contributed by atoms with E-state index in [1.807, 2.05) is 35.7 Å². The van der Waals surface area contributed by atoms with Crippen molar-refractivity contribution in [1.29, 1.82) is 0 Å². The molecule has 0 amide bonds. The summed E-state index contributed by atoms with van der Waals surface area (Å²) in [6.07, 6.45) is 0.700. The van der Waals surface area contributed by atoms with Crippen LogP contribution < -0.4 is 4.74 Å². The molecule has 5 heteroatoms. The number of hydrogen-bond acceptors (Lipinski definition) is 4. The predicted octanol–water partition coefficient (Wildman–Crippen LogP) is 4.58. The molecule has 1 aromatic carbocycles. The quantitative estimate of drug-likeness (QED) is 0.654. The largest absolute Gasteiger partial charge is 0.496 e. The SMILES string of the molecule is COc1ccsc1C(Br)Cc1nc2ccccc2o1. The lowest BCUT2D eigenvalue weighted by Gasteiger charge is -2.07. The lowest BCUT2D eigenvalue weighted by molar-refractivity contribution is 0.411. The molecule has 19 heavy (non-hydrogen) atoms. The van der Waals surface area contributed by atoms with E-state index in [1.54, 1.807) is 18.4 Å². The number of thiophene rings is 1. The first-order valence-corrected chi connectivity index (χ1v) is 7.67. The first kappa shape index (κ1) is 12.7. The van der Waals surface area contributed by atoms with Crippen LogP contribution in [-0.4, -0.2) is 12.1 Å². The molecule has 0 aliphatic carbocycles. The van der Waals surface area contributed by atoms with E-state index < -0.39 is 0 Å². The Balaban J connectivity index is 1.84. The van der Waals surface area contributed by atoms with Crippen molar-refractivity contribution < 1.29 is 9.15 Å². The zero-order valence-electron chi connectivity index (χ0n) is 10.3. The van der Waals surface area contributed by atoms with E-state index in [9.17, 15) is 0 Å². The Labute approximate surface area is 123 Å². The minimum atomic E-state index is 0.149. The van der Waals surface area contributed by atoms with Crippen LogP contribution in [0.4, 0.5) is 0 Å². The second kappa shape index (κ2) is 5.35. The molecular formula is C14H12BrNO2S. The number of halogens is 1. The van der Waals surface area contributed by atoms with Gasteiger partial charge < -0.3 is 9.15 Å². The zero-order chi connectivity index (χ0) is 13.2. The van der Waals surface area contributed by atoms with Crippen LogP contribution in [0.15, 0.2) is 40.1 Å². The van der Waals surface area contributed by atoms with E-state index in [-0.39, 0.29) is 4.83 Å². The number of nitrogens with zero attached hydrogens (tertiary/aromatic N) is 1. The second-order valence-corrected chi connectivity index (χ2v) is 6.15. The lowest BCUT2D eigenvalue weighted by atomic mass is 10.2. The molecular weight excluding hydrogens is 326 g/mol. The Morgan fingerprint density at radius 2 is 2.21 bits per heavy atom. The Morgan fingerprint density at radius 3 is 3.00 bits per heavy atom. The molecule has 0 fully saturated rings. The van der Waals surface area contributed by atoms with E-state index in [1.165, 1.54) is 0 Å².